The van der Waals surface area contributed by atoms with Crippen molar-refractivity contribution in [1.82, 2.24) is 5.32 Å². The minimum atomic E-state index is -3.52. The third kappa shape index (κ3) is 3.11. The van der Waals surface area contributed by atoms with Gasteiger partial charge in [0.1, 0.15) is 4.21 Å². The first kappa shape index (κ1) is 14.5. The van der Waals surface area contributed by atoms with E-state index >= 15 is 0 Å². The SMILES string of the molecule is CNCc1ccc(S(=O)(=O)Nc2ccc3sccc3c2)s1. The van der Waals surface area contributed by atoms with Crippen molar-refractivity contribution in [3.8, 4) is 0 Å². The Morgan fingerprint density at radius 1 is 1.14 bits per heavy atom. The molecule has 110 valence electrons. The fraction of sp³-hybridized carbons (Fsp3) is 0.143. The van der Waals surface area contributed by atoms with Gasteiger partial charge in [-0.15, -0.1) is 22.7 Å². The highest BCUT2D eigenvalue weighted by Crippen LogP contribution is 2.27. The monoisotopic (exact) mass is 338 g/mol. The van der Waals surface area contributed by atoms with Gasteiger partial charge in [-0.1, -0.05) is 0 Å². The number of fused-ring (bicyclic) bond motifs is 1. The summed E-state index contributed by atoms with van der Waals surface area (Å²) < 4.78 is 28.9. The first-order valence-electron chi connectivity index (χ1n) is 6.32. The van der Waals surface area contributed by atoms with Gasteiger partial charge in [0.15, 0.2) is 0 Å². The van der Waals surface area contributed by atoms with Gasteiger partial charge in [-0.05, 0) is 54.2 Å². The van der Waals surface area contributed by atoms with Gasteiger partial charge in [0.05, 0.1) is 0 Å². The van der Waals surface area contributed by atoms with Gasteiger partial charge in [-0.2, -0.15) is 0 Å². The Balaban J connectivity index is 1.87. The second-order valence-corrected chi connectivity index (χ2v) is 8.56. The third-order valence-electron chi connectivity index (χ3n) is 2.96. The molecule has 0 unspecified atom stereocenters. The molecule has 3 rings (SSSR count). The van der Waals surface area contributed by atoms with Crippen LogP contribution in [0.4, 0.5) is 5.69 Å². The third-order valence-corrected chi connectivity index (χ3v) is 6.81. The van der Waals surface area contributed by atoms with Gasteiger partial charge in [-0.25, -0.2) is 8.42 Å². The Labute approximate surface area is 131 Å². The summed E-state index contributed by atoms with van der Waals surface area (Å²) in [6, 6.07) is 11.0. The lowest BCUT2D eigenvalue weighted by atomic mass is 10.2. The zero-order valence-electron chi connectivity index (χ0n) is 11.3. The van der Waals surface area contributed by atoms with E-state index in [-0.39, 0.29) is 0 Å². The van der Waals surface area contributed by atoms with Crippen LogP contribution in [0.1, 0.15) is 4.88 Å². The number of benzene rings is 1. The Morgan fingerprint density at radius 3 is 2.81 bits per heavy atom. The zero-order chi connectivity index (χ0) is 14.9. The molecule has 0 spiro atoms. The van der Waals surface area contributed by atoms with Gasteiger partial charge in [-0.3, -0.25) is 4.72 Å². The number of sulfonamides is 1. The molecule has 21 heavy (non-hydrogen) atoms. The van der Waals surface area contributed by atoms with E-state index in [2.05, 4.69) is 10.0 Å². The number of anilines is 1. The van der Waals surface area contributed by atoms with Gasteiger partial charge in [0.2, 0.25) is 0 Å². The molecule has 0 aliphatic rings. The van der Waals surface area contributed by atoms with Crippen LogP contribution < -0.4 is 10.0 Å². The number of hydrogen-bond donors (Lipinski definition) is 2. The highest BCUT2D eigenvalue weighted by molar-refractivity contribution is 7.94. The average molecular weight is 338 g/mol. The van der Waals surface area contributed by atoms with Crippen LogP contribution in [0.25, 0.3) is 10.1 Å². The summed E-state index contributed by atoms with van der Waals surface area (Å²) in [6.07, 6.45) is 0. The van der Waals surface area contributed by atoms with Gasteiger partial charge < -0.3 is 5.32 Å². The van der Waals surface area contributed by atoms with Crippen LogP contribution in [0.15, 0.2) is 46.0 Å². The minimum absolute atomic E-state index is 0.332. The molecule has 3 aromatic rings. The molecule has 2 N–H and O–H groups in total. The second kappa shape index (κ2) is 5.76. The molecule has 0 saturated carbocycles. The van der Waals surface area contributed by atoms with Crippen LogP contribution in [0.5, 0.6) is 0 Å². The van der Waals surface area contributed by atoms with Crippen molar-refractivity contribution in [2.24, 2.45) is 0 Å². The number of rotatable bonds is 5. The van der Waals surface area contributed by atoms with E-state index in [0.29, 0.717) is 16.4 Å². The van der Waals surface area contributed by atoms with Crippen molar-refractivity contribution >= 4 is 48.5 Å². The topological polar surface area (TPSA) is 58.2 Å². The maximum atomic E-state index is 12.4. The highest BCUT2D eigenvalue weighted by atomic mass is 32.2. The van der Waals surface area contributed by atoms with Crippen LogP contribution in [-0.4, -0.2) is 15.5 Å². The fourth-order valence-electron chi connectivity index (χ4n) is 2.01. The van der Waals surface area contributed by atoms with E-state index < -0.39 is 10.0 Å². The lowest BCUT2D eigenvalue weighted by Gasteiger charge is -2.06. The molecule has 0 radical (unpaired) electrons. The van der Waals surface area contributed by atoms with Crippen molar-refractivity contribution in [3.05, 3.63) is 46.7 Å². The molecular formula is C14H14N2O2S3. The lowest BCUT2D eigenvalue weighted by molar-refractivity contribution is 0.603. The smallest absolute Gasteiger partial charge is 0.271 e. The molecule has 0 atom stereocenters. The fourth-order valence-corrected chi connectivity index (χ4v) is 5.20. The first-order chi connectivity index (χ1) is 10.1. The molecule has 0 fully saturated rings. The van der Waals surface area contributed by atoms with Crippen LogP contribution in [0.3, 0.4) is 0 Å². The molecule has 2 heterocycles. The maximum absolute atomic E-state index is 12.4. The van der Waals surface area contributed by atoms with Crippen molar-refractivity contribution in [3.63, 3.8) is 0 Å². The van der Waals surface area contributed by atoms with Crippen LogP contribution in [-0.2, 0) is 16.6 Å². The molecule has 2 aromatic heterocycles. The molecule has 0 aliphatic heterocycles. The molecule has 4 nitrogen and oxygen atoms in total. The maximum Gasteiger partial charge on any atom is 0.271 e. The Morgan fingerprint density at radius 2 is 2.00 bits per heavy atom. The highest BCUT2D eigenvalue weighted by Gasteiger charge is 2.17. The molecule has 0 bridgehead atoms. The molecule has 0 saturated heterocycles. The van der Waals surface area contributed by atoms with Crippen molar-refractivity contribution in [1.29, 1.82) is 0 Å². The van der Waals surface area contributed by atoms with Crippen LogP contribution in [0, 0.1) is 0 Å². The Kier molecular flexibility index (Phi) is 3.99. The van der Waals surface area contributed by atoms with Gasteiger partial charge in [0.25, 0.3) is 10.0 Å². The largest absolute Gasteiger partial charge is 0.315 e. The summed E-state index contributed by atoms with van der Waals surface area (Å²) in [6.45, 7) is 0.668. The summed E-state index contributed by atoms with van der Waals surface area (Å²) in [5, 5.41) is 6.05. The first-order valence-corrected chi connectivity index (χ1v) is 9.50. The van der Waals surface area contributed by atoms with E-state index in [1.54, 1.807) is 23.5 Å². The van der Waals surface area contributed by atoms with Gasteiger partial charge in [0, 0.05) is 21.8 Å². The number of nitrogens with one attached hydrogen (secondary N) is 2. The van der Waals surface area contributed by atoms with E-state index in [1.165, 1.54) is 11.3 Å². The van der Waals surface area contributed by atoms with Crippen LogP contribution >= 0.6 is 22.7 Å². The average Bonchev–Trinajstić information content (AvgIpc) is 3.07. The van der Waals surface area contributed by atoms with E-state index in [9.17, 15) is 8.42 Å². The molecule has 1 aromatic carbocycles. The Bertz CT molecular complexity index is 865. The van der Waals surface area contributed by atoms with Crippen molar-refractivity contribution in [2.75, 3.05) is 11.8 Å². The minimum Gasteiger partial charge on any atom is -0.315 e. The van der Waals surface area contributed by atoms with E-state index in [1.807, 2.05) is 36.7 Å². The molecule has 0 aliphatic carbocycles. The van der Waals surface area contributed by atoms with E-state index in [4.69, 9.17) is 0 Å². The lowest BCUT2D eigenvalue weighted by Crippen LogP contribution is -2.11. The summed E-state index contributed by atoms with van der Waals surface area (Å²) in [5.74, 6) is 0. The number of thiophene rings is 2. The standard InChI is InChI=1S/C14H14N2O2S3/c1-15-9-12-3-5-14(20-12)21(17,18)16-11-2-4-13-10(8-11)6-7-19-13/h2-8,15-16H,9H2,1H3. The summed E-state index contributed by atoms with van der Waals surface area (Å²) in [5.41, 5.74) is 0.587. The van der Waals surface area contributed by atoms with Crippen LogP contribution in [0.2, 0.25) is 0 Å². The van der Waals surface area contributed by atoms with Crippen molar-refractivity contribution < 1.29 is 8.42 Å². The summed E-state index contributed by atoms with van der Waals surface area (Å²) in [7, 11) is -1.68. The Hall–Kier alpha value is -1.41. The predicted molar refractivity (Wildman–Crippen MR) is 89.7 cm³/mol. The molecular weight excluding hydrogens is 324 g/mol. The normalized spacial score (nSPS) is 11.9. The number of hydrogen-bond acceptors (Lipinski definition) is 5. The summed E-state index contributed by atoms with van der Waals surface area (Å²) in [4.78, 5) is 0.992. The second-order valence-electron chi connectivity index (χ2n) is 4.53. The van der Waals surface area contributed by atoms with E-state index in [0.717, 1.165) is 15.0 Å². The van der Waals surface area contributed by atoms with Gasteiger partial charge >= 0.3 is 0 Å². The quantitative estimate of drug-likeness (QED) is 0.749. The van der Waals surface area contributed by atoms with Crippen molar-refractivity contribution in [2.45, 2.75) is 10.8 Å². The zero-order valence-corrected chi connectivity index (χ0v) is 13.7. The molecule has 7 heteroatoms. The summed E-state index contributed by atoms with van der Waals surface area (Å²) >= 11 is 2.92. The predicted octanol–water partition coefficient (Wildman–Crippen LogP) is 3.48. The molecule has 0 amide bonds.